The Kier molecular flexibility index (Phi) is 8.37. The van der Waals surface area contributed by atoms with Crippen LogP contribution in [0.2, 0.25) is 0 Å². The summed E-state index contributed by atoms with van der Waals surface area (Å²) in [6, 6.07) is 11.4. The Labute approximate surface area is 204 Å². The minimum absolute atomic E-state index is 0.0528. The molecule has 1 aliphatic heterocycles. The number of nitrogens with zero attached hydrogens (tertiary/aromatic N) is 3. The molecule has 0 aliphatic carbocycles. The second-order valence-corrected chi connectivity index (χ2v) is 9.88. The van der Waals surface area contributed by atoms with Gasteiger partial charge in [0.1, 0.15) is 5.75 Å². The fourth-order valence-corrected chi connectivity index (χ4v) is 5.61. The molecule has 180 valence electrons. The summed E-state index contributed by atoms with van der Waals surface area (Å²) in [5, 5.41) is 21.7. The van der Waals surface area contributed by atoms with Crippen LogP contribution in [-0.4, -0.2) is 63.5 Å². The summed E-state index contributed by atoms with van der Waals surface area (Å²) in [5.41, 5.74) is 1.61. The third-order valence-electron chi connectivity index (χ3n) is 6.62. The first-order chi connectivity index (χ1) is 16.5. The number of aliphatic hydroxyl groups is 1. The number of thioether (sulfide) groups is 1. The van der Waals surface area contributed by atoms with Crippen molar-refractivity contribution in [3.05, 3.63) is 60.6 Å². The highest BCUT2D eigenvalue weighted by molar-refractivity contribution is 7.99. The van der Waals surface area contributed by atoms with Crippen LogP contribution in [0.3, 0.4) is 0 Å². The lowest BCUT2D eigenvalue weighted by Crippen LogP contribution is -2.44. The Morgan fingerprint density at radius 1 is 1.29 bits per heavy atom. The lowest BCUT2D eigenvalue weighted by molar-refractivity contribution is -0.146. The summed E-state index contributed by atoms with van der Waals surface area (Å²) in [6.07, 6.45) is 6.65. The lowest BCUT2D eigenvalue weighted by Gasteiger charge is -2.37. The highest BCUT2D eigenvalue weighted by atomic mass is 32.2. The van der Waals surface area contributed by atoms with Gasteiger partial charge in [-0.25, -0.2) is 0 Å². The molecule has 2 N–H and O–H groups in total. The van der Waals surface area contributed by atoms with Crippen molar-refractivity contribution in [3.63, 3.8) is 0 Å². The zero-order valence-electron chi connectivity index (χ0n) is 19.3. The van der Waals surface area contributed by atoms with Gasteiger partial charge in [-0.15, -0.1) is 11.8 Å². The number of carboxylic acid groups (broad SMARTS) is 1. The number of pyridine rings is 2. The van der Waals surface area contributed by atoms with Crippen LogP contribution in [0, 0.1) is 11.8 Å². The molecule has 1 fully saturated rings. The third kappa shape index (κ3) is 6.05. The Morgan fingerprint density at radius 3 is 2.94 bits per heavy atom. The van der Waals surface area contributed by atoms with E-state index >= 15 is 0 Å². The zero-order chi connectivity index (χ0) is 23.9. The van der Waals surface area contributed by atoms with Crippen LogP contribution in [-0.2, 0) is 4.79 Å². The molecule has 0 bridgehead atoms. The van der Waals surface area contributed by atoms with Gasteiger partial charge in [0.05, 0.1) is 24.6 Å². The Balaban J connectivity index is 1.34. The topological polar surface area (TPSA) is 95.8 Å². The molecule has 0 unspecified atom stereocenters. The number of likely N-dealkylation sites (tertiary alicyclic amines) is 1. The molecule has 34 heavy (non-hydrogen) atoms. The van der Waals surface area contributed by atoms with Crippen molar-refractivity contribution < 1.29 is 19.7 Å². The molecular formula is C26H31N3O4S. The molecule has 2 aromatic heterocycles. The summed E-state index contributed by atoms with van der Waals surface area (Å²) < 4.78 is 5.33. The van der Waals surface area contributed by atoms with E-state index in [0.717, 1.165) is 46.6 Å². The molecule has 0 spiro atoms. The van der Waals surface area contributed by atoms with Crippen molar-refractivity contribution in [1.82, 2.24) is 14.9 Å². The van der Waals surface area contributed by atoms with Gasteiger partial charge in [-0.2, -0.15) is 0 Å². The molecule has 1 aliphatic rings. The van der Waals surface area contributed by atoms with E-state index in [1.54, 1.807) is 31.3 Å². The van der Waals surface area contributed by atoms with Gasteiger partial charge >= 0.3 is 5.97 Å². The van der Waals surface area contributed by atoms with Crippen LogP contribution < -0.4 is 4.74 Å². The molecular weight excluding hydrogens is 450 g/mol. The molecule has 1 aromatic carbocycles. The largest absolute Gasteiger partial charge is 0.497 e. The number of ether oxygens (including phenoxy) is 1. The summed E-state index contributed by atoms with van der Waals surface area (Å²) in [6.45, 7) is 2.29. The number of carbonyl (C=O) groups is 1. The molecule has 3 atom stereocenters. The van der Waals surface area contributed by atoms with Crippen molar-refractivity contribution in [2.24, 2.45) is 11.8 Å². The Morgan fingerprint density at radius 2 is 2.18 bits per heavy atom. The number of rotatable bonds is 10. The standard InChI is InChI=1S/C26H31N3O4S/c1-33-19-5-6-24-22(15-19)21(8-11-28-24)25(30)7-4-18-9-12-29(17-23(18)26(31)32)13-14-34-20-3-2-10-27-16-20/h2-3,5-6,8,10-11,15-16,18,23,25,30H,4,7,9,12-14,17H2,1H3,(H,31,32)/t18-,23+,25+/m1/s1. The number of aromatic nitrogens is 2. The monoisotopic (exact) mass is 481 g/mol. The second kappa shape index (κ2) is 11.6. The smallest absolute Gasteiger partial charge is 0.308 e. The van der Waals surface area contributed by atoms with E-state index in [1.807, 2.05) is 42.6 Å². The predicted octanol–water partition coefficient (Wildman–Crippen LogP) is 4.27. The molecule has 3 heterocycles. The number of benzene rings is 1. The van der Waals surface area contributed by atoms with Gasteiger partial charge < -0.3 is 19.8 Å². The molecule has 4 rings (SSSR count). The van der Waals surface area contributed by atoms with E-state index < -0.39 is 18.0 Å². The normalized spacial score (nSPS) is 19.7. The number of hydrogen-bond donors (Lipinski definition) is 2. The Hall–Kier alpha value is -2.68. The summed E-state index contributed by atoms with van der Waals surface area (Å²) in [7, 11) is 1.61. The predicted molar refractivity (Wildman–Crippen MR) is 133 cm³/mol. The van der Waals surface area contributed by atoms with E-state index in [2.05, 4.69) is 14.9 Å². The van der Waals surface area contributed by atoms with E-state index in [-0.39, 0.29) is 5.92 Å². The summed E-state index contributed by atoms with van der Waals surface area (Å²) >= 11 is 1.74. The van der Waals surface area contributed by atoms with Gasteiger partial charge in [0.25, 0.3) is 0 Å². The van der Waals surface area contributed by atoms with E-state index in [1.165, 1.54) is 0 Å². The van der Waals surface area contributed by atoms with Crippen molar-refractivity contribution in [3.8, 4) is 5.75 Å². The van der Waals surface area contributed by atoms with Gasteiger partial charge in [-0.3, -0.25) is 14.8 Å². The number of methoxy groups -OCH3 is 1. The highest BCUT2D eigenvalue weighted by Crippen LogP contribution is 2.34. The first-order valence-corrected chi connectivity index (χ1v) is 12.6. The van der Waals surface area contributed by atoms with E-state index in [0.29, 0.717) is 25.1 Å². The first kappa shape index (κ1) is 24.4. The number of fused-ring (bicyclic) bond motifs is 1. The number of hydrogen-bond acceptors (Lipinski definition) is 7. The Bertz CT molecular complexity index is 1100. The molecule has 1 saturated heterocycles. The number of carboxylic acids is 1. The molecule has 3 aromatic rings. The van der Waals surface area contributed by atoms with Crippen molar-refractivity contribution >= 4 is 28.6 Å². The van der Waals surface area contributed by atoms with Crippen LogP contribution in [0.15, 0.2) is 59.9 Å². The average molecular weight is 482 g/mol. The minimum atomic E-state index is -0.747. The van der Waals surface area contributed by atoms with Gasteiger partial charge in [0.15, 0.2) is 0 Å². The first-order valence-electron chi connectivity index (χ1n) is 11.6. The number of aliphatic carboxylic acids is 1. The van der Waals surface area contributed by atoms with E-state index in [4.69, 9.17) is 4.74 Å². The number of piperidine rings is 1. The van der Waals surface area contributed by atoms with Gasteiger partial charge in [0.2, 0.25) is 0 Å². The summed E-state index contributed by atoms with van der Waals surface area (Å²) in [4.78, 5) is 23.9. The molecule has 0 radical (unpaired) electrons. The fraction of sp³-hybridized carbons (Fsp3) is 0.423. The second-order valence-electron chi connectivity index (χ2n) is 8.71. The molecule has 0 saturated carbocycles. The maximum absolute atomic E-state index is 12.0. The van der Waals surface area contributed by atoms with Crippen molar-refractivity contribution in [2.75, 3.05) is 32.5 Å². The zero-order valence-corrected chi connectivity index (χ0v) is 20.2. The van der Waals surface area contributed by atoms with Crippen LogP contribution >= 0.6 is 11.8 Å². The molecule has 7 nitrogen and oxygen atoms in total. The van der Waals surface area contributed by atoms with Crippen LogP contribution in [0.5, 0.6) is 5.75 Å². The van der Waals surface area contributed by atoms with Gasteiger partial charge in [0, 0.05) is 47.7 Å². The SMILES string of the molecule is COc1ccc2nccc([C@@H](O)CC[C@@H]3CCN(CCSc4cccnc4)C[C@@H]3C(=O)O)c2c1. The average Bonchev–Trinajstić information content (AvgIpc) is 2.87. The van der Waals surface area contributed by atoms with E-state index in [9.17, 15) is 15.0 Å². The van der Waals surface area contributed by atoms with Crippen LogP contribution in [0.4, 0.5) is 0 Å². The maximum atomic E-state index is 12.0. The highest BCUT2D eigenvalue weighted by Gasteiger charge is 2.34. The quantitative estimate of drug-likeness (QED) is 0.415. The number of aliphatic hydroxyl groups excluding tert-OH is 1. The van der Waals surface area contributed by atoms with Crippen molar-refractivity contribution in [1.29, 1.82) is 0 Å². The van der Waals surface area contributed by atoms with Gasteiger partial charge in [-0.1, -0.05) is 0 Å². The lowest BCUT2D eigenvalue weighted by atomic mass is 9.81. The van der Waals surface area contributed by atoms with Gasteiger partial charge in [-0.05, 0) is 73.7 Å². The molecule has 8 heteroatoms. The van der Waals surface area contributed by atoms with Crippen LogP contribution in [0.25, 0.3) is 10.9 Å². The third-order valence-corrected chi connectivity index (χ3v) is 7.58. The van der Waals surface area contributed by atoms with Crippen LogP contribution in [0.1, 0.15) is 30.9 Å². The summed E-state index contributed by atoms with van der Waals surface area (Å²) in [5.74, 6) is 0.507. The molecule has 0 amide bonds. The van der Waals surface area contributed by atoms with Crippen molar-refractivity contribution in [2.45, 2.75) is 30.3 Å². The fourth-order valence-electron chi connectivity index (χ4n) is 4.71. The minimum Gasteiger partial charge on any atom is -0.497 e. The maximum Gasteiger partial charge on any atom is 0.308 e.